The highest BCUT2D eigenvalue weighted by atomic mass is 16.3. The summed E-state index contributed by atoms with van der Waals surface area (Å²) in [6, 6.07) is 6.26. The van der Waals surface area contributed by atoms with Crippen molar-refractivity contribution in [1.29, 1.82) is 0 Å². The van der Waals surface area contributed by atoms with Gasteiger partial charge < -0.3 is 5.11 Å². The average Bonchev–Trinajstić information content (AvgIpc) is 2.31. The predicted molar refractivity (Wildman–Crippen MR) is 77.1 cm³/mol. The van der Waals surface area contributed by atoms with Crippen molar-refractivity contribution >= 4 is 0 Å². The van der Waals surface area contributed by atoms with Gasteiger partial charge in [-0.3, -0.25) is 0 Å². The molecule has 2 rings (SSSR count). The van der Waals surface area contributed by atoms with Gasteiger partial charge in [-0.1, -0.05) is 52.2 Å². The van der Waals surface area contributed by atoms with Crippen LogP contribution < -0.4 is 0 Å². The summed E-state index contributed by atoms with van der Waals surface area (Å²) in [6.45, 7) is 6.67. The van der Waals surface area contributed by atoms with Crippen LogP contribution in [0.4, 0.5) is 0 Å². The molecule has 0 heterocycles. The maximum absolute atomic E-state index is 10.00. The first-order valence-corrected chi connectivity index (χ1v) is 7.27. The number of phenols is 1. The molecule has 0 radical (unpaired) electrons. The molecule has 1 fully saturated rings. The van der Waals surface area contributed by atoms with E-state index in [1.54, 1.807) is 0 Å². The zero-order valence-electron chi connectivity index (χ0n) is 12.0. The van der Waals surface area contributed by atoms with Crippen LogP contribution in [0.15, 0.2) is 18.2 Å². The lowest BCUT2D eigenvalue weighted by molar-refractivity contribution is 0.393. The Morgan fingerprint density at radius 1 is 1.11 bits per heavy atom. The molecule has 1 saturated carbocycles. The van der Waals surface area contributed by atoms with E-state index in [9.17, 15) is 5.11 Å². The number of rotatable bonds is 2. The Kier molecular flexibility index (Phi) is 3.99. The van der Waals surface area contributed by atoms with E-state index < -0.39 is 0 Å². The van der Waals surface area contributed by atoms with Crippen molar-refractivity contribution in [2.75, 3.05) is 0 Å². The lowest BCUT2D eigenvalue weighted by Gasteiger charge is -2.24. The second kappa shape index (κ2) is 5.34. The number of hydrogen-bond acceptors (Lipinski definition) is 1. The molecule has 0 bridgehead atoms. The Morgan fingerprint density at radius 2 is 1.78 bits per heavy atom. The molecule has 0 amide bonds. The zero-order chi connectivity index (χ0) is 13.2. The van der Waals surface area contributed by atoms with Crippen LogP contribution >= 0.6 is 0 Å². The standard InChI is InChI=1S/C17H26O/c1-17(2,3)12-15-11-14(9-10-16(15)18)13-7-5-4-6-8-13/h9-11,13,18H,4-8,12H2,1-3H3. The number of aromatic hydroxyl groups is 1. The first-order chi connectivity index (χ1) is 8.46. The molecule has 0 spiro atoms. The Balaban J connectivity index is 2.19. The van der Waals surface area contributed by atoms with Gasteiger partial charge in [0.1, 0.15) is 5.75 Å². The van der Waals surface area contributed by atoms with Gasteiger partial charge in [0.05, 0.1) is 0 Å². The van der Waals surface area contributed by atoms with Crippen molar-refractivity contribution in [3.05, 3.63) is 29.3 Å². The molecule has 0 aliphatic heterocycles. The van der Waals surface area contributed by atoms with Crippen LogP contribution in [0.5, 0.6) is 5.75 Å². The van der Waals surface area contributed by atoms with Crippen molar-refractivity contribution in [3.63, 3.8) is 0 Å². The molecule has 1 aliphatic carbocycles. The van der Waals surface area contributed by atoms with E-state index in [4.69, 9.17) is 0 Å². The van der Waals surface area contributed by atoms with Gasteiger partial charge in [0, 0.05) is 0 Å². The van der Waals surface area contributed by atoms with Crippen LogP contribution in [0.25, 0.3) is 0 Å². The lowest BCUT2D eigenvalue weighted by atomic mass is 9.81. The fourth-order valence-corrected chi connectivity index (χ4v) is 3.01. The molecular weight excluding hydrogens is 220 g/mol. The number of hydrogen-bond donors (Lipinski definition) is 1. The van der Waals surface area contributed by atoms with Crippen LogP contribution in [0.1, 0.15) is 69.9 Å². The lowest BCUT2D eigenvalue weighted by Crippen LogP contribution is -2.10. The Bertz CT molecular complexity index is 395. The van der Waals surface area contributed by atoms with Gasteiger partial charge in [-0.25, -0.2) is 0 Å². The molecule has 0 unspecified atom stereocenters. The quantitative estimate of drug-likeness (QED) is 0.776. The number of phenolic OH excluding ortho intramolecular Hbond substituents is 1. The smallest absolute Gasteiger partial charge is 0.118 e. The Labute approximate surface area is 111 Å². The van der Waals surface area contributed by atoms with Crippen molar-refractivity contribution < 1.29 is 5.11 Å². The fraction of sp³-hybridized carbons (Fsp3) is 0.647. The van der Waals surface area contributed by atoms with Crippen molar-refractivity contribution in [2.24, 2.45) is 5.41 Å². The summed E-state index contributed by atoms with van der Waals surface area (Å²) in [5, 5.41) is 10.00. The van der Waals surface area contributed by atoms with Gasteiger partial charge in [-0.05, 0) is 47.8 Å². The van der Waals surface area contributed by atoms with Gasteiger partial charge in [-0.2, -0.15) is 0 Å². The second-order valence-electron chi connectivity index (χ2n) is 6.96. The average molecular weight is 246 g/mol. The normalized spacial score (nSPS) is 17.9. The molecule has 18 heavy (non-hydrogen) atoms. The van der Waals surface area contributed by atoms with Crippen LogP contribution in [0.3, 0.4) is 0 Å². The molecule has 0 aromatic heterocycles. The third-order valence-corrected chi connectivity index (χ3v) is 3.90. The van der Waals surface area contributed by atoms with Gasteiger partial charge in [-0.15, -0.1) is 0 Å². The topological polar surface area (TPSA) is 20.2 Å². The monoisotopic (exact) mass is 246 g/mol. The first-order valence-electron chi connectivity index (χ1n) is 7.27. The predicted octanol–water partition coefficient (Wildman–Crippen LogP) is 5.03. The summed E-state index contributed by atoms with van der Waals surface area (Å²) < 4.78 is 0. The van der Waals surface area contributed by atoms with E-state index in [2.05, 4.69) is 32.9 Å². The molecule has 1 aliphatic rings. The van der Waals surface area contributed by atoms with Gasteiger partial charge in [0.15, 0.2) is 0 Å². The summed E-state index contributed by atoms with van der Waals surface area (Å²) in [5.74, 6) is 1.18. The SMILES string of the molecule is CC(C)(C)Cc1cc(C2CCCCC2)ccc1O. The number of benzene rings is 1. The molecule has 1 aromatic carbocycles. The van der Waals surface area contributed by atoms with E-state index in [1.807, 2.05) is 6.07 Å². The minimum atomic E-state index is 0.225. The first kappa shape index (κ1) is 13.5. The highest BCUT2D eigenvalue weighted by Gasteiger charge is 2.19. The molecule has 1 heteroatoms. The zero-order valence-corrected chi connectivity index (χ0v) is 12.0. The van der Waals surface area contributed by atoms with Crippen LogP contribution in [0.2, 0.25) is 0 Å². The minimum Gasteiger partial charge on any atom is -0.508 e. The Hall–Kier alpha value is -0.980. The largest absolute Gasteiger partial charge is 0.508 e. The molecule has 0 atom stereocenters. The maximum atomic E-state index is 10.00. The molecule has 1 nitrogen and oxygen atoms in total. The van der Waals surface area contributed by atoms with E-state index in [-0.39, 0.29) is 5.41 Å². The third kappa shape index (κ3) is 3.51. The molecule has 1 aromatic rings. The minimum absolute atomic E-state index is 0.225. The van der Waals surface area contributed by atoms with E-state index >= 15 is 0 Å². The van der Waals surface area contributed by atoms with Crippen molar-refractivity contribution in [2.45, 2.75) is 65.2 Å². The fourth-order valence-electron chi connectivity index (χ4n) is 3.01. The Morgan fingerprint density at radius 3 is 2.39 bits per heavy atom. The van der Waals surface area contributed by atoms with Crippen LogP contribution in [-0.2, 0) is 6.42 Å². The summed E-state index contributed by atoms with van der Waals surface area (Å²) in [7, 11) is 0. The van der Waals surface area contributed by atoms with E-state index in [0.717, 1.165) is 17.9 Å². The molecule has 1 N–H and O–H groups in total. The highest BCUT2D eigenvalue weighted by molar-refractivity contribution is 5.38. The maximum Gasteiger partial charge on any atom is 0.118 e. The van der Waals surface area contributed by atoms with E-state index in [1.165, 1.54) is 37.7 Å². The summed E-state index contributed by atoms with van der Waals surface area (Å²) in [4.78, 5) is 0. The summed E-state index contributed by atoms with van der Waals surface area (Å²) in [6.07, 6.45) is 7.70. The molecular formula is C17H26O. The second-order valence-corrected chi connectivity index (χ2v) is 6.96. The van der Waals surface area contributed by atoms with Gasteiger partial charge >= 0.3 is 0 Å². The third-order valence-electron chi connectivity index (χ3n) is 3.90. The van der Waals surface area contributed by atoms with Crippen LogP contribution in [0, 0.1) is 5.41 Å². The summed E-state index contributed by atoms with van der Waals surface area (Å²) >= 11 is 0. The molecule has 100 valence electrons. The highest BCUT2D eigenvalue weighted by Crippen LogP contribution is 2.35. The van der Waals surface area contributed by atoms with Crippen LogP contribution in [-0.4, -0.2) is 5.11 Å². The summed E-state index contributed by atoms with van der Waals surface area (Å²) in [5.41, 5.74) is 2.78. The molecule has 0 saturated heterocycles. The van der Waals surface area contributed by atoms with Gasteiger partial charge in [0.25, 0.3) is 0 Å². The van der Waals surface area contributed by atoms with Gasteiger partial charge in [0.2, 0.25) is 0 Å². The van der Waals surface area contributed by atoms with Crippen molar-refractivity contribution in [3.8, 4) is 5.75 Å². The van der Waals surface area contributed by atoms with E-state index in [0.29, 0.717) is 5.75 Å². The van der Waals surface area contributed by atoms with Crippen molar-refractivity contribution in [1.82, 2.24) is 0 Å².